The number of aliphatic hydroxyl groups is 2. The van der Waals surface area contributed by atoms with Crippen LogP contribution in [0.15, 0.2) is 24.3 Å². The summed E-state index contributed by atoms with van der Waals surface area (Å²) in [6.07, 6.45) is -0.916. The molecule has 0 aromatic heterocycles. The molecule has 0 bridgehead atoms. The molecule has 0 radical (unpaired) electrons. The Morgan fingerprint density at radius 3 is 1.98 bits per heavy atom. The smallest absolute Gasteiger partial charge is 0.326 e. The Hall–Kier alpha value is -4.44. The number of benzene rings is 1. The Kier molecular flexibility index (Phi) is 23.2. The minimum atomic E-state index is -1.78. The van der Waals surface area contributed by atoms with E-state index < -0.39 is 79.1 Å². The molecule has 20 heteroatoms. The number of rotatable bonds is 28. The van der Waals surface area contributed by atoms with Crippen LogP contribution in [0.3, 0.4) is 0 Å². The number of aliphatic carboxylic acids is 1. The summed E-state index contributed by atoms with van der Waals surface area (Å²) < 4.78 is 0. The maximum atomic E-state index is 12.8. The highest BCUT2D eigenvalue weighted by Crippen LogP contribution is 2.17. The van der Waals surface area contributed by atoms with Crippen LogP contribution in [-0.2, 0) is 28.8 Å². The van der Waals surface area contributed by atoms with Crippen molar-refractivity contribution in [1.29, 1.82) is 0 Å². The van der Waals surface area contributed by atoms with Gasteiger partial charge < -0.3 is 75.3 Å². The number of carboxylic acid groups (broad SMARTS) is 1. The Bertz CT molecular complexity index is 1290. The number of hydrogen-bond donors (Lipinski definition) is 14. The van der Waals surface area contributed by atoms with E-state index in [0.717, 1.165) is 25.9 Å². The number of carbonyl (C=O) groups is 6. The van der Waals surface area contributed by atoms with Crippen LogP contribution < -0.4 is 54.8 Å². The van der Waals surface area contributed by atoms with Crippen LogP contribution in [0.2, 0.25) is 0 Å². The van der Waals surface area contributed by atoms with Gasteiger partial charge in [-0.3, -0.25) is 24.0 Å². The van der Waals surface area contributed by atoms with Gasteiger partial charge in [-0.05, 0) is 75.9 Å². The van der Waals surface area contributed by atoms with Crippen LogP contribution in [0.25, 0.3) is 0 Å². The molecule has 6 atom stereocenters. The molecule has 0 aliphatic rings. The number of nitrogens with two attached hydrogens (primary N) is 4. The second-order valence-corrected chi connectivity index (χ2v) is 12.5. The molecule has 1 rings (SSSR count). The lowest BCUT2D eigenvalue weighted by atomic mass is 10.00. The normalized spacial score (nSPS) is 14.5. The van der Waals surface area contributed by atoms with Gasteiger partial charge in [-0.25, -0.2) is 4.79 Å². The van der Waals surface area contributed by atoms with E-state index in [9.17, 15) is 49.2 Å². The van der Waals surface area contributed by atoms with Gasteiger partial charge in [0.05, 0.1) is 25.6 Å². The molecule has 0 saturated heterocycles. The maximum absolute atomic E-state index is 12.8. The van der Waals surface area contributed by atoms with Crippen LogP contribution in [0.4, 0.5) is 0 Å². The zero-order valence-corrected chi connectivity index (χ0v) is 29.9. The molecule has 1 aromatic rings. The lowest BCUT2D eigenvalue weighted by Crippen LogP contribution is -2.57. The van der Waals surface area contributed by atoms with Crippen molar-refractivity contribution in [3.05, 3.63) is 29.8 Å². The average Bonchev–Trinajstić information content (AvgIpc) is 3.12. The second kappa shape index (κ2) is 26.3. The molecule has 20 nitrogen and oxygen atoms in total. The molecule has 53 heavy (non-hydrogen) atoms. The van der Waals surface area contributed by atoms with Crippen LogP contribution in [-0.4, -0.2) is 132 Å². The van der Waals surface area contributed by atoms with Crippen molar-refractivity contribution in [1.82, 2.24) is 31.9 Å². The van der Waals surface area contributed by atoms with E-state index in [0.29, 0.717) is 25.1 Å². The number of aromatic hydroxyl groups is 1. The van der Waals surface area contributed by atoms with Gasteiger partial charge in [0.2, 0.25) is 23.6 Å². The van der Waals surface area contributed by atoms with E-state index in [2.05, 4.69) is 31.9 Å². The van der Waals surface area contributed by atoms with Crippen molar-refractivity contribution in [3.8, 4) is 5.75 Å². The van der Waals surface area contributed by atoms with Crippen molar-refractivity contribution in [3.63, 3.8) is 0 Å². The molecule has 0 aliphatic carbocycles. The summed E-state index contributed by atoms with van der Waals surface area (Å²) in [6.45, 7) is 1.41. The summed E-state index contributed by atoms with van der Waals surface area (Å²) in [4.78, 5) is 73.5. The monoisotopic (exact) mass is 754 g/mol. The number of amides is 5. The van der Waals surface area contributed by atoms with Crippen molar-refractivity contribution >= 4 is 35.5 Å². The van der Waals surface area contributed by atoms with Gasteiger partial charge in [-0.2, -0.15) is 0 Å². The highest BCUT2D eigenvalue weighted by atomic mass is 16.4. The van der Waals surface area contributed by atoms with Gasteiger partial charge in [0.25, 0.3) is 5.91 Å². The van der Waals surface area contributed by atoms with Gasteiger partial charge in [0.1, 0.15) is 23.9 Å². The first-order chi connectivity index (χ1) is 25.2. The summed E-state index contributed by atoms with van der Waals surface area (Å²) >= 11 is 0. The van der Waals surface area contributed by atoms with E-state index in [4.69, 9.17) is 22.9 Å². The number of hydrogen-bond acceptors (Lipinski definition) is 14. The third-order valence-electron chi connectivity index (χ3n) is 8.03. The molecule has 0 unspecified atom stereocenters. The minimum absolute atomic E-state index is 0.0315. The molecule has 0 spiro atoms. The number of unbranched alkanes of at least 4 members (excludes halogenated alkanes) is 1. The number of carboxylic acids is 1. The first-order valence-electron chi connectivity index (χ1n) is 17.6. The average molecular weight is 755 g/mol. The number of phenolic OH excluding ortho intramolecular Hbond substituents is 1. The third kappa shape index (κ3) is 20.4. The quantitative estimate of drug-likeness (QED) is 0.0358. The zero-order chi connectivity index (χ0) is 39.8. The lowest BCUT2D eigenvalue weighted by Gasteiger charge is -2.23. The van der Waals surface area contributed by atoms with Crippen molar-refractivity contribution in [2.24, 2.45) is 22.9 Å². The number of aliphatic hydroxyl groups excluding tert-OH is 2. The van der Waals surface area contributed by atoms with Crippen LogP contribution >= 0.6 is 0 Å². The zero-order valence-electron chi connectivity index (χ0n) is 29.9. The summed E-state index contributed by atoms with van der Waals surface area (Å²) in [5, 5.41) is 54.7. The van der Waals surface area contributed by atoms with Crippen molar-refractivity contribution < 1.29 is 49.2 Å². The summed E-state index contributed by atoms with van der Waals surface area (Å²) in [5.41, 5.74) is 23.6. The summed E-state index contributed by atoms with van der Waals surface area (Å²) in [7, 11) is 0. The molecule has 0 aliphatic heterocycles. The van der Waals surface area contributed by atoms with E-state index in [1.807, 2.05) is 0 Å². The van der Waals surface area contributed by atoms with Crippen molar-refractivity contribution in [2.75, 3.05) is 45.8 Å². The molecule has 5 amide bonds. The Labute approximate surface area is 308 Å². The summed E-state index contributed by atoms with van der Waals surface area (Å²) in [5.74, 6) is -4.91. The van der Waals surface area contributed by atoms with Crippen LogP contribution in [0.5, 0.6) is 5.75 Å². The largest absolute Gasteiger partial charge is 0.508 e. The van der Waals surface area contributed by atoms with Gasteiger partial charge in [-0.1, -0.05) is 12.1 Å². The highest BCUT2D eigenvalue weighted by molar-refractivity contribution is 5.92. The first-order valence-corrected chi connectivity index (χ1v) is 17.6. The van der Waals surface area contributed by atoms with Crippen LogP contribution in [0.1, 0.15) is 63.0 Å². The fraction of sp³-hybridized carbons (Fsp3) is 0.636. The highest BCUT2D eigenvalue weighted by Gasteiger charge is 2.28. The van der Waals surface area contributed by atoms with E-state index in [-0.39, 0.29) is 50.3 Å². The molecule has 0 heterocycles. The number of nitrogens with one attached hydrogen (secondary N) is 6. The molecule has 1 aromatic carbocycles. The predicted molar refractivity (Wildman–Crippen MR) is 193 cm³/mol. The number of phenols is 1. The molecule has 0 fully saturated rings. The fourth-order valence-corrected chi connectivity index (χ4v) is 4.81. The molecule has 0 saturated carbocycles. The third-order valence-corrected chi connectivity index (χ3v) is 8.03. The standard InChI is InChI=1S/C33H58N10O10/c34-11-1-2-12-38-13-4-14-39-30(49)19-41-29(48)16-26(45)22(36)5-3-6-24(33(52)53)42-31(50)25(17-35)43-32(51)27(46)18-40-28(47)15-23(37)20-7-9-21(44)10-8-20/h7-10,22-27,38,44-46H,1-6,11-19,34-37H2,(H,39,49)(H,40,47)(H,41,48)(H,42,50)(H,43,51)(H,52,53)/t22-,23-,24+,25-,26-,27+/m0/s1. The van der Waals surface area contributed by atoms with Crippen molar-refractivity contribution in [2.45, 2.75) is 87.7 Å². The van der Waals surface area contributed by atoms with Gasteiger partial charge in [0, 0.05) is 31.6 Å². The fourth-order valence-electron chi connectivity index (χ4n) is 4.81. The molecule has 300 valence electrons. The predicted octanol–water partition coefficient (Wildman–Crippen LogP) is -4.53. The first kappa shape index (κ1) is 46.6. The topological polar surface area (TPSA) is 360 Å². The SMILES string of the molecule is NCCCCNCCCNC(=O)CNC(=O)C[C@H](O)[C@@H](N)CCC[C@@H](NC(=O)[C@H](CN)NC(=O)[C@H](O)CNC(=O)C[C@H](N)c1ccc(O)cc1)C(=O)O. The second-order valence-electron chi connectivity index (χ2n) is 12.5. The van der Waals surface area contributed by atoms with E-state index in [1.165, 1.54) is 12.1 Å². The minimum Gasteiger partial charge on any atom is -0.508 e. The lowest BCUT2D eigenvalue weighted by molar-refractivity contribution is -0.142. The maximum Gasteiger partial charge on any atom is 0.326 e. The van der Waals surface area contributed by atoms with Crippen LogP contribution in [0, 0.1) is 0 Å². The molecular formula is C33H58N10O10. The Balaban J connectivity index is 2.40. The Morgan fingerprint density at radius 1 is 0.698 bits per heavy atom. The van der Waals surface area contributed by atoms with Gasteiger partial charge in [-0.15, -0.1) is 0 Å². The van der Waals surface area contributed by atoms with Gasteiger partial charge in [0.15, 0.2) is 0 Å². The van der Waals surface area contributed by atoms with Gasteiger partial charge >= 0.3 is 5.97 Å². The number of carbonyl (C=O) groups excluding carboxylic acids is 5. The van der Waals surface area contributed by atoms with E-state index >= 15 is 0 Å². The molecular weight excluding hydrogens is 696 g/mol. The Morgan fingerprint density at radius 2 is 1.34 bits per heavy atom. The van der Waals surface area contributed by atoms with E-state index in [1.54, 1.807) is 12.1 Å². The molecule has 18 N–H and O–H groups in total. The summed E-state index contributed by atoms with van der Waals surface area (Å²) in [6, 6.07) is 1.45.